The van der Waals surface area contributed by atoms with E-state index in [1.165, 1.54) is 35.9 Å². The normalized spacial score (nSPS) is 14.6. The van der Waals surface area contributed by atoms with E-state index >= 15 is 0 Å². The number of thiazole rings is 1. The van der Waals surface area contributed by atoms with Gasteiger partial charge in [-0.05, 0) is 50.8 Å². The van der Waals surface area contributed by atoms with Crippen LogP contribution in [0.25, 0.3) is 0 Å². The standard InChI is InChI=1S/C21H25Cl2N3O3S2/c1-21(2,18(27)28)12-30-17-10-24-19(31-17)25-20(29)26(11-13-5-3-4-6-13)16-8-7-14(22)9-15(16)23/h7-10,13H,3-6,11-12H2,1-2H3,(H,27,28)(H,24,25,29). The molecule has 1 heterocycles. The molecule has 0 aliphatic heterocycles. The highest BCUT2D eigenvalue weighted by Crippen LogP contribution is 2.35. The summed E-state index contributed by atoms with van der Waals surface area (Å²) in [6, 6.07) is 4.82. The number of carboxylic acid groups (broad SMARTS) is 1. The molecule has 0 radical (unpaired) electrons. The number of nitrogens with one attached hydrogen (secondary N) is 1. The first-order chi connectivity index (χ1) is 14.7. The Labute approximate surface area is 200 Å². The number of benzene rings is 1. The van der Waals surface area contributed by atoms with Gasteiger partial charge in [0, 0.05) is 17.3 Å². The van der Waals surface area contributed by atoms with Crippen LogP contribution in [0.15, 0.2) is 28.6 Å². The van der Waals surface area contributed by atoms with Crippen LogP contribution in [0.5, 0.6) is 0 Å². The van der Waals surface area contributed by atoms with Gasteiger partial charge in [0.05, 0.1) is 26.5 Å². The second-order valence-corrected chi connectivity index (χ2v) is 11.4. The maximum absolute atomic E-state index is 13.2. The summed E-state index contributed by atoms with van der Waals surface area (Å²) in [7, 11) is 0. The topological polar surface area (TPSA) is 82.5 Å². The third kappa shape index (κ3) is 6.51. The molecule has 0 bridgehead atoms. The summed E-state index contributed by atoms with van der Waals surface area (Å²) in [4.78, 5) is 30.4. The van der Waals surface area contributed by atoms with Crippen LogP contribution in [0, 0.1) is 11.3 Å². The maximum atomic E-state index is 13.2. The summed E-state index contributed by atoms with van der Waals surface area (Å²) in [5.74, 6) is -0.00914. The van der Waals surface area contributed by atoms with Crippen LogP contribution in [0.2, 0.25) is 10.0 Å². The summed E-state index contributed by atoms with van der Waals surface area (Å²) in [5, 5.41) is 13.5. The molecule has 1 fully saturated rings. The van der Waals surface area contributed by atoms with Crippen molar-refractivity contribution in [3.8, 4) is 0 Å². The Bertz CT molecular complexity index is 946. The first-order valence-electron chi connectivity index (χ1n) is 10.0. The van der Waals surface area contributed by atoms with Crippen LogP contribution < -0.4 is 10.2 Å². The summed E-state index contributed by atoms with van der Waals surface area (Å²) in [6.07, 6.45) is 6.18. The maximum Gasteiger partial charge on any atom is 0.328 e. The molecule has 10 heteroatoms. The van der Waals surface area contributed by atoms with Crippen molar-refractivity contribution in [1.82, 2.24) is 4.98 Å². The molecule has 1 aromatic carbocycles. The first-order valence-corrected chi connectivity index (χ1v) is 12.6. The van der Waals surface area contributed by atoms with E-state index in [-0.39, 0.29) is 6.03 Å². The van der Waals surface area contributed by atoms with Crippen LogP contribution in [-0.4, -0.2) is 34.4 Å². The molecule has 1 saturated carbocycles. The predicted molar refractivity (Wildman–Crippen MR) is 129 cm³/mol. The molecule has 2 aromatic rings. The van der Waals surface area contributed by atoms with Crippen LogP contribution in [-0.2, 0) is 4.79 Å². The zero-order valence-electron chi connectivity index (χ0n) is 17.4. The molecular weight excluding hydrogens is 477 g/mol. The smallest absolute Gasteiger partial charge is 0.328 e. The molecule has 0 atom stereocenters. The number of rotatable bonds is 8. The number of aromatic nitrogens is 1. The molecular formula is C21H25Cl2N3O3S2. The minimum atomic E-state index is -0.847. The van der Waals surface area contributed by atoms with Gasteiger partial charge in [-0.1, -0.05) is 47.4 Å². The van der Waals surface area contributed by atoms with Gasteiger partial charge in [0.25, 0.3) is 0 Å². The van der Waals surface area contributed by atoms with Crippen molar-refractivity contribution in [2.75, 3.05) is 22.5 Å². The molecule has 1 aromatic heterocycles. The van der Waals surface area contributed by atoms with E-state index < -0.39 is 11.4 Å². The Morgan fingerprint density at radius 1 is 1.32 bits per heavy atom. The van der Waals surface area contributed by atoms with Crippen molar-refractivity contribution in [2.24, 2.45) is 11.3 Å². The number of aliphatic carboxylic acids is 1. The largest absolute Gasteiger partial charge is 0.481 e. The Kier molecular flexibility index (Phi) is 8.13. The van der Waals surface area contributed by atoms with Gasteiger partial charge < -0.3 is 5.11 Å². The van der Waals surface area contributed by atoms with E-state index in [1.807, 2.05) is 0 Å². The number of carbonyl (C=O) groups excluding carboxylic acids is 1. The Hall–Kier alpha value is -1.48. The number of thioether (sulfide) groups is 1. The Morgan fingerprint density at radius 2 is 2.03 bits per heavy atom. The van der Waals surface area contributed by atoms with Gasteiger partial charge in [0.2, 0.25) is 0 Å². The lowest BCUT2D eigenvalue weighted by Gasteiger charge is -2.26. The van der Waals surface area contributed by atoms with Crippen LogP contribution in [0.4, 0.5) is 15.6 Å². The van der Waals surface area contributed by atoms with Gasteiger partial charge >= 0.3 is 12.0 Å². The summed E-state index contributed by atoms with van der Waals surface area (Å²) >= 11 is 15.2. The lowest BCUT2D eigenvalue weighted by Crippen LogP contribution is -2.38. The van der Waals surface area contributed by atoms with Crippen molar-refractivity contribution in [3.63, 3.8) is 0 Å². The number of anilines is 2. The highest BCUT2D eigenvalue weighted by molar-refractivity contribution is 8.01. The molecule has 2 amide bonds. The molecule has 6 nitrogen and oxygen atoms in total. The predicted octanol–water partition coefficient (Wildman–Crippen LogP) is 6.88. The average Bonchev–Trinajstić information content (AvgIpc) is 3.37. The van der Waals surface area contributed by atoms with Crippen molar-refractivity contribution in [1.29, 1.82) is 0 Å². The van der Waals surface area contributed by atoms with Gasteiger partial charge in [-0.15, -0.1) is 11.8 Å². The van der Waals surface area contributed by atoms with Crippen molar-refractivity contribution >= 4 is 69.1 Å². The lowest BCUT2D eigenvalue weighted by molar-refractivity contribution is -0.145. The van der Waals surface area contributed by atoms with Gasteiger partial charge in [-0.2, -0.15) is 0 Å². The number of carbonyl (C=O) groups is 2. The molecule has 3 rings (SSSR count). The number of hydrogen-bond donors (Lipinski definition) is 2. The van der Waals surface area contributed by atoms with Crippen LogP contribution >= 0.6 is 46.3 Å². The zero-order chi connectivity index (χ0) is 22.6. The molecule has 1 aliphatic rings. The number of hydrogen-bond acceptors (Lipinski definition) is 5. The number of carboxylic acids is 1. The number of nitrogens with zero attached hydrogens (tertiary/aromatic N) is 2. The van der Waals surface area contributed by atoms with Gasteiger partial charge in [-0.25, -0.2) is 9.78 Å². The third-order valence-corrected chi connectivity index (χ3v) is 8.32. The van der Waals surface area contributed by atoms with Crippen LogP contribution in [0.1, 0.15) is 39.5 Å². The van der Waals surface area contributed by atoms with Gasteiger partial charge in [-0.3, -0.25) is 15.0 Å². The highest BCUT2D eigenvalue weighted by Gasteiger charge is 2.28. The molecule has 2 N–H and O–H groups in total. The van der Waals surface area contributed by atoms with Crippen molar-refractivity contribution in [2.45, 2.75) is 43.7 Å². The number of amides is 2. The Balaban J connectivity index is 1.71. The SMILES string of the molecule is CC(C)(CSc1cnc(NC(=O)N(CC2CCCC2)c2ccc(Cl)cc2Cl)s1)C(=O)O. The fraction of sp³-hybridized carbons (Fsp3) is 0.476. The molecule has 1 aliphatic carbocycles. The molecule has 168 valence electrons. The van der Waals surface area contributed by atoms with Crippen molar-refractivity contribution < 1.29 is 14.7 Å². The summed E-state index contributed by atoms with van der Waals surface area (Å²) < 4.78 is 0.844. The molecule has 31 heavy (non-hydrogen) atoms. The van der Waals surface area contributed by atoms with Crippen LogP contribution in [0.3, 0.4) is 0 Å². The highest BCUT2D eigenvalue weighted by atomic mass is 35.5. The van der Waals surface area contributed by atoms with E-state index in [0.29, 0.717) is 39.1 Å². The molecule has 0 saturated heterocycles. The number of halogens is 2. The summed E-state index contributed by atoms with van der Waals surface area (Å²) in [6.45, 7) is 3.94. The Morgan fingerprint density at radius 3 is 2.68 bits per heavy atom. The van der Waals surface area contributed by atoms with Crippen molar-refractivity contribution in [3.05, 3.63) is 34.4 Å². The fourth-order valence-electron chi connectivity index (χ4n) is 3.30. The first kappa shape index (κ1) is 24.2. The minimum absolute atomic E-state index is 0.298. The molecule has 0 spiro atoms. The van der Waals surface area contributed by atoms with E-state index in [0.717, 1.165) is 17.1 Å². The average molecular weight is 502 g/mol. The monoisotopic (exact) mass is 501 g/mol. The van der Waals surface area contributed by atoms with E-state index in [2.05, 4.69) is 10.3 Å². The van der Waals surface area contributed by atoms with E-state index in [9.17, 15) is 14.7 Å². The van der Waals surface area contributed by atoms with E-state index in [4.69, 9.17) is 23.2 Å². The second kappa shape index (κ2) is 10.4. The zero-order valence-corrected chi connectivity index (χ0v) is 20.5. The lowest BCUT2D eigenvalue weighted by atomic mass is 9.97. The molecule has 0 unspecified atom stereocenters. The second-order valence-electron chi connectivity index (χ2n) is 8.25. The fourth-order valence-corrected chi connectivity index (χ4v) is 5.75. The number of urea groups is 1. The minimum Gasteiger partial charge on any atom is -0.481 e. The quantitative estimate of drug-likeness (QED) is 0.385. The third-order valence-electron chi connectivity index (χ3n) is 5.21. The van der Waals surface area contributed by atoms with Gasteiger partial charge in [0.15, 0.2) is 5.13 Å². The van der Waals surface area contributed by atoms with E-state index in [1.54, 1.807) is 43.1 Å². The van der Waals surface area contributed by atoms with Gasteiger partial charge in [0.1, 0.15) is 0 Å². The summed E-state index contributed by atoms with van der Waals surface area (Å²) in [5.41, 5.74) is -0.230.